The largest absolute Gasteiger partial charge is 0.335 e. The molecule has 2 amide bonds. The van der Waals surface area contributed by atoms with Crippen LogP contribution in [0.5, 0.6) is 0 Å². The molecular weight excluding hydrogens is 286 g/mol. The first-order chi connectivity index (χ1) is 10.6. The molecule has 2 fully saturated rings. The van der Waals surface area contributed by atoms with Gasteiger partial charge in [0.25, 0.3) is 0 Å². The minimum atomic E-state index is -0.482. The Bertz CT molecular complexity index is 564. The minimum absolute atomic E-state index is 0.101. The number of hydrogen-bond donors (Lipinski definition) is 1. The van der Waals surface area contributed by atoms with E-state index < -0.39 is 11.6 Å². The maximum atomic E-state index is 13.8. The van der Waals surface area contributed by atoms with Crippen LogP contribution in [-0.4, -0.2) is 23.5 Å². The molecule has 3 atom stereocenters. The first-order valence-electron chi connectivity index (χ1n) is 8.08. The Kier molecular flexibility index (Phi) is 4.32. The van der Waals surface area contributed by atoms with E-state index in [9.17, 15) is 13.6 Å². The summed E-state index contributed by atoms with van der Waals surface area (Å²) in [5.74, 6) is 0.479. The lowest BCUT2D eigenvalue weighted by molar-refractivity contribution is 0.189. The summed E-state index contributed by atoms with van der Waals surface area (Å²) in [6, 6.07) is 3.46. The van der Waals surface area contributed by atoms with Crippen LogP contribution >= 0.6 is 0 Å². The van der Waals surface area contributed by atoms with Gasteiger partial charge >= 0.3 is 6.03 Å². The smallest absolute Gasteiger partial charge is 0.317 e. The van der Waals surface area contributed by atoms with E-state index >= 15 is 0 Å². The van der Waals surface area contributed by atoms with Gasteiger partial charge in [-0.25, -0.2) is 13.6 Å². The van der Waals surface area contributed by atoms with Crippen LogP contribution in [0.1, 0.15) is 38.2 Å². The highest BCUT2D eigenvalue weighted by Crippen LogP contribution is 2.51. The van der Waals surface area contributed by atoms with Crippen LogP contribution in [0.3, 0.4) is 0 Å². The molecule has 0 radical (unpaired) electrons. The number of halogens is 2. The van der Waals surface area contributed by atoms with Gasteiger partial charge in [-0.1, -0.05) is 6.92 Å². The van der Waals surface area contributed by atoms with Gasteiger partial charge in [0.1, 0.15) is 11.6 Å². The lowest BCUT2D eigenvalue weighted by Gasteiger charge is -2.25. The van der Waals surface area contributed by atoms with Crippen molar-refractivity contribution in [2.45, 2.75) is 45.2 Å². The van der Waals surface area contributed by atoms with Crippen molar-refractivity contribution in [3.05, 3.63) is 35.4 Å². The highest BCUT2D eigenvalue weighted by molar-refractivity contribution is 5.74. The number of benzene rings is 1. The predicted octanol–water partition coefficient (Wildman–Crippen LogP) is 3.68. The molecule has 2 aliphatic carbocycles. The van der Waals surface area contributed by atoms with Crippen LogP contribution in [0.2, 0.25) is 0 Å². The van der Waals surface area contributed by atoms with E-state index in [4.69, 9.17) is 0 Å². The number of nitrogens with one attached hydrogen (secondary N) is 1. The van der Waals surface area contributed by atoms with E-state index in [-0.39, 0.29) is 24.2 Å². The maximum absolute atomic E-state index is 13.8. The third-order valence-electron chi connectivity index (χ3n) is 4.80. The molecule has 0 heterocycles. The summed E-state index contributed by atoms with van der Waals surface area (Å²) in [6.45, 7) is 2.60. The summed E-state index contributed by atoms with van der Waals surface area (Å²) in [5.41, 5.74) is 0.222. The molecular formula is C17H22F2N2O. The molecule has 0 bridgehead atoms. The molecule has 3 rings (SSSR count). The van der Waals surface area contributed by atoms with Gasteiger partial charge in [-0.2, -0.15) is 0 Å². The quantitative estimate of drug-likeness (QED) is 0.884. The Labute approximate surface area is 129 Å². The number of carbonyl (C=O) groups excluding carboxylic acids is 1. The average Bonchev–Trinajstić information content (AvgIpc) is 3.17. The van der Waals surface area contributed by atoms with Crippen LogP contribution in [0.15, 0.2) is 18.2 Å². The average molecular weight is 308 g/mol. The number of carbonyl (C=O) groups is 1. The summed E-state index contributed by atoms with van der Waals surface area (Å²) < 4.78 is 27.1. The molecule has 1 aromatic carbocycles. The lowest BCUT2D eigenvalue weighted by atomic mass is 10.1. The molecule has 0 spiro atoms. The summed E-state index contributed by atoms with van der Waals surface area (Å²) >= 11 is 0. The third kappa shape index (κ3) is 3.23. The van der Waals surface area contributed by atoms with Crippen LogP contribution in [0.25, 0.3) is 0 Å². The fourth-order valence-electron chi connectivity index (χ4n) is 3.52. The number of amides is 2. The standard InChI is InChI=1S/C17H22F2N2O/c1-2-7-21(10-12-8-13(18)4-5-15(12)19)17(22)20-16-6-3-11-9-14(11)16/h4-5,8,11,14,16H,2-3,6-7,9-10H2,1H3,(H,20,22). The third-order valence-corrected chi connectivity index (χ3v) is 4.80. The Morgan fingerprint density at radius 3 is 2.82 bits per heavy atom. The van der Waals surface area contributed by atoms with Gasteiger partial charge in [0, 0.05) is 18.2 Å². The zero-order chi connectivity index (χ0) is 15.7. The summed E-state index contributed by atoms with van der Waals surface area (Å²) in [5, 5.41) is 3.08. The Balaban J connectivity index is 1.65. The van der Waals surface area contributed by atoms with Gasteiger partial charge in [0.2, 0.25) is 0 Å². The Morgan fingerprint density at radius 1 is 1.36 bits per heavy atom. The van der Waals surface area contributed by atoms with Crippen molar-refractivity contribution in [3.63, 3.8) is 0 Å². The second kappa shape index (κ2) is 6.23. The van der Waals surface area contributed by atoms with E-state index in [0.717, 1.165) is 37.0 Å². The summed E-state index contributed by atoms with van der Waals surface area (Å²) in [6.07, 6.45) is 4.23. The second-order valence-electron chi connectivity index (χ2n) is 6.45. The zero-order valence-electron chi connectivity index (χ0n) is 12.8. The monoisotopic (exact) mass is 308 g/mol. The number of fused-ring (bicyclic) bond motifs is 1. The second-order valence-corrected chi connectivity index (χ2v) is 6.45. The van der Waals surface area contributed by atoms with Gasteiger partial charge in [0.15, 0.2) is 0 Å². The molecule has 0 aromatic heterocycles. The Hall–Kier alpha value is -1.65. The van der Waals surface area contributed by atoms with Crippen LogP contribution in [-0.2, 0) is 6.54 Å². The van der Waals surface area contributed by atoms with Crippen molar-refractivity contribution < 1.29 is 13.6 Å². The van der Waals surface area contributed by atoms with Crippen LogP contribution < -0.4 is 5.32 Å². The van der Waals surface area contributed by atoms with Crippen LogP contribution in [0.4, 0.5) is 13.6 Å². The van der Waals surface area contributed by atoms with E-state index in [1.165, 1.54) is 12.8 Å². The van der Waals surface area contributed by atoms with Crippen molar-refractivity contribution in [1.29, 1.82) is 0 Å². The fraction of sp³-hybridized carbons (Fsp3) is 0.588. The normalized spacial score (nSPS) is 25.7. The molecule has 3 unspecified atom stereocenters. The number of nitrogens with zero attached hydrogens (tertiary/aromatic N) is 1. The maximum Gasteiger partial charge on any atom is 0.317 e. The van der Waals surface area contributed by atoms with Gasteiger partial charge in [-0.15, -0.1) is 0 Å². The van der Waals surface area contributed by atoms with E-state index in [1.807, 2.05) is 6.92 Å². The molecule has 1 N–H and O–H groups in total. The summed E-state index contributed by atoms with van der Waals surface area (Å²) in [7, 11) is 0. The zero-order valence-corrected chi connectivity index (χ0v) is 12.8. The van der Waals surface area contributed by atoms with Gasteiger partial charge in [-0.05, 0) is 55.7 Å². The Morgan fingerprint density at radius 2 is 2.18 bits per heavy atom. The van der Waals surface area contributed by atoms with Crippen molar-refractivity contribution in [3.8, 4) is 0 Å². The van der Waals surface area contributed by atoms with Crippen molar-refractivity contribution in [2.24, 2.45) is 11.8 Å². The minimum Gasteiger partial charge on any atom is -0.335 e. The van der Waals surface area contributed by atoms with Gasteiger partial charge in [-0.3, -0.25) is 0 Å². The molecule has 2 saturated carbocycles. The lowest BCUT2D eigenvalue weighted by Crippen LogP contribution is -2.45. The predicted molar refractivity (Wildman–Crippen MR) is 80.2 cm³/mol. The number of urea groups is 1. The molecule has 120 valence electrons. The molecule has 3 nitrogen and oxygen atoms in total. The van der Waals surface area contributed by atoms with Gasteiger partial charge in [0.05, 0.1) is 6.54 Å². The van der Waals surface area contributed by atoms with E-state index in [0.29, 0.717) is 12.5 Å². The van der Waals surface area contributed by atoms with Crippen molar-refractivity contribution in [1.82, 2.24) is 10.2 Å². The molecule has 1 aromatic rings. The van der Waals surface area contributed by atoms with E-state index in [1.54, 1.807) is 4.90 Å². The first kappa shape index (κ1) is 15.3. The highest BCUT2D eigenvalue weighted by Gasteiger charge is 2.48. The van der Waals surface area contributed by atoms with Gasteiger partial charge < -0.3 is 10.2 Å². The molecule has 0 saturated heterocycles. The highest BCUT2D eigenvalue weighted by atomic mass is 19.1. The van der Waals surface area contributed by atoms with E-state index in [2.05, 4.69) is 5.32 Å². The number of rotatable bonds is 5. The van der Waals surface area contributed by atoms with Crippen molar-refractivity contribution in [2.75, 3.05) is 6.54 Å². The first-order valence-corrected chi connectivity index (χ1v) is 8.08. The van der Waals surface area contributed by atoms with Crippen LogP contribution in [0, 0.1) is 23.5 Å². The number of hydrogen-bond acceptors (Lipinski definition) is 1. The fourth-order valence-corrected chi connectivity index (χ4v) is 3.52. The molecule has 2 aliphatic rings. The molecule has 0 aliphatic heterocycles. The topological polar surface area (TPSA) is 32.3 Å². The van der Waals surface area contributed by atoms with Crippen molar-refractivity contribution >= 4 is 6.03 Å². The SMILES string of the molecule is CCCN(Cc1cc(F)ccc1F)C(=O)NC1CCC2CC21. The molecule has 5 heteroatoms. The summed E-state index contributed by atoms with van der Waals surface area (Å²) in [4.78, 5) is 14.0. The molecule has 22 heavy (non-hydrogen) atoms.